The molecule has 0 aliphatic heterocycles. The molecule has 1 rings (SSSR count). The third kappa shape index (κ3) is 18.8. The third-order valence-electron chi connectivity index (χ3n) is 7.90. The molecule has 1 aromatic carbocycles. The van der Waals surface area contributed by atoms with E-state index in [0.717, 1.165) is 6.92 Å². The maximum Gasteiger partial charge on any atom is 0.524 e. The molecule has 6 atom stereocenters. The van der Waals surface area contributed by atoms with Gasteiger partial charge in [-0.25, -0.2) is 9.36 Å². The average molecular weight is 804 g/mol. The Balaban J connectivity index is 3.34. The molecule has 306 valence electrons. The first-order valence-electron chi connectivity index (χ1n) is 16.7. The van der Waals surface area contributed by atoms with Gasteiger partial charge in [0.15, 0.2) is 0 Å². The van der Waals surface area contributed by atoms with Gasteiger partial charge in [-0.2, -0.15) is 0 Å². The standard InChI is InChI=1S/C32H46N5O17P/c1-4-16(2)27(31(48)36-22(32(49)50)11-14-26(43)44)37-29(46)21(10-13-25(41)42)34-28(45)20(9-12-24(39)40)35-30(47)23(33-17(3)38)15-18-5-7-19(8-6-18)54-55(51,52)53/h5-8,16,20-23,27H,4,9-15H2,1-3H3,(H,33,38)(H,34,45)(H,35,47)(H,36,48)(H,37,46)(H,39,40)(H,41,42)(H,43,44)(H,49,50)(H2,51,52,53)/t16-,20+,21+,22+,23+,27+/m1/s1. The number of carboxylic acid groups (broad SMARTS) is 4. The fourth-order valence-corrected chi connectivity index (χ4v) is 5.27. The van der Waals surface area contributed by atoms with Crippen molar-refractivity contribution in [2.45, 2.75) is 102 Å². The van der Waals surface area contributed by atoms with Crippen LogP contribution in [0, 0.1) is 5.92 Å². The summed E-state index contributed by atoms with van der Waals surface area (Å²) in [4.78, 5) is 129. The summed E-state index contributed by atoms with van der Waals surface area (Å²) >= 11 is 0. The van der Waals surface area contributed by atoms with E-state index >= 15 is 0 Å². The number of amides is 5. The molecule has 11 N–H and O–H groups in total. The monoisotopic (exact) mass is 803 g/mol. The van der Waals surface area contributed by atoms with Gasteiger partial charge in [0.2, 0.25) is 29.5 Å². The van der Waals surface area contributed by atoms with Crippen LogP contribution in [0.5, 0.6) is 5.75 Å². The number of hydrogen-bond acceptors (Lipinski definition) is 11. The Morgan fingerprint density at radius 3 is 1.45 bits per heavy atom. The van der Waals surface area contributed by atoms with E-state index in [-0.39, 0.29) is 18.6 Å². The number of carbonyl (C=O) groups excluding carboxylic acids is 5. The summed E-state index contributed by atoms with van der Waals surface area (Å²) in [5.41, 5.74) is 0.348. The summed E-state index contributed by atoms with van der Waals surface area (Å²) in [6.45, 7) is 4.25. The van der Waals surface area contributed by atoms with Crippen molar-refractivity contribution in [2.75, 3.05) is 0 Å². The van der Waals surface area contributed by atoms with Crippen LogP contribution in [-0.2, 0) is 54.1 Å². The molecule has 55 heavy (non-hydrogen) atoms. The highest BCUT2D eigenvalue weighted by atomic mass is 31.2. The maximum atomic E-state index is 13.6. The maximum absolute atomic E-state index is 13.6. The van der Waals surface area contributed by atoms with Gasteiger partial charge in [-0.1, -0.05) is 32.4 Å². The number of aliphatic carboxylic acids is 4. The first kappa shape index (κ1) is 47.4. The van der Waals surface area contributed by atoms with Gasteiger partial charge in [0.05, 0.1) is 0 Å². The summed E-state index contributed by atoms with van der Waals surface area (Å²) in [5, 5.41) is 48.5. The van der Waals surface area contributed by atoms with Crippen molar-refractivity contribution in [3.8, 4) is 5.75 Å². The molecule has 0 radical (unpaired) electrons. The number of carboxylic acids is 4. The molecular formula is C32H46N5O17P. The summed E-state index contributed by atoms with van der Waals surface area (Å²) in [7, 11) is -4.87. The van der Waals surface area contributed by atoms with Crippen molar-refractivity contribution < 1.29 is 82.5 Å². The first-order valence-corrected chi connectivity index (χ1v) is 18.3. The lowest BCUT2D eigenvalue weighted by Crippen LogP contribution is -2.60. The van der Waals surface area contributed by atoms with Crippen LogP contribution in [0.4, 0.5) is 0 Å². The predicted molar refractivity (Wildman–Crippen MR) is 186 cm³/mol. The Labute approximate surface area is 314 Å². The fraction of sp³-hybridized carbons (Fsp3) is 0.531. The van der Waals surface area contributed by atoms with Crippen molar-refractivity contribution in [1.82, 2.24) is 26.6 Å². The summed E-state index contributed by atoms with van der Waals surface area (Å²) in [5.74, 6) is -11.5. The number of phosphoric acid groups is 1. The van der Waals surface area contributed by atoms with Crippen LogP contribution in [0.1, 0.15) is 71.3 Å². The molecule has 0 unspecified atom stereocenters. The van der Waals surface area contributed by atoms with Gasteiger partial charge >= 0.3 is 31.7 Å². The van der Waals surface area contributed by atoms with Gasteiger partial charge in [0, 0.05) is 32.6 Å². The van der Waals surface area contributed by atoms with E-state index < -0.39 is 136 Å². The van der Waals surface area contributed by atoms with Gasteiger partial charge in [-0.15, -0.1) is 0 Å². The number of carbonyl (C=O) groups is 9. The molecule has 0 bridgehead atoms. The second-order valence-corrected chi connectivity index (χ2v) is 13.5. The van der Waals surface area contributed by atoms with Crippen LogP contribution in [-0.4, -0.2) is 114 Å². The lowest BCUT2D eigenvalue weighted by molar-refractivity contribution is -0.144. The predicted octanol–water partition coefficient (Wildman–Crippen LogP) is -1.13. The molecule has 0 aromatic heterocycles. The second-order valence-electron chi connectivity index (χ2n) is 12.4. The molecule has 0 fully saturated rings. The highest BCUT2D eigenvalue weighted by Gasteiger charge is 2.34. The van der Waals surface area contributed by atoms with E-state index in [1.165, 1.54) is 31.2 Å². The highest BCUT2D eigenvalue weighted by Crippen LogP contribution is 2.37. The number of rotatable bonds is 25. The Hall–Kier alpha value is -5.60. The average Bonchev–Trinajstić information content (AvgIpc) is 3.07. The fourth-order valence-electron chi connectivity index (χ4n) is 4.87. The summed E-state index contributed by atoms with van der Waals surface area (Å²) in [6, 6.07) is -2.84. The Morgan fingerprint density at radius 1 is 0.636 bits per heavy atom. The SMILES string of the molecule is CC[C@@H](C)[C@H](NC(=O)[C@H](CCC(=O)O)NC(=O)[C@H](CCC(=O)O)NC(=O)[C@H](Cc1ccc(OP(=O)(O)O)cc1)NC(C)=O)C(=O)N[C@@H](CCC(=O)O)C(=O)O. The number of phosphoric ester groups is 1. The van der Waals surface area contributed by atoms with Gasteiger partial charge in [-0.3, -0.25) is 48.1 Å². The second kappa shape index (κ2) is 22.6. The van der Waals surface area contributed by atoms with E-state index in [1.54, 1.807) is 6.92 Å². The molecule has 0 aliphatic rings. The van der Waals surface area contributed by atoms with E-state index in [2.05, 4.69) is 31.1 Å². The molecule has 0 saturated heterocycles. The van der Waals surface area contributed by atoms with Crippen LogP contribution in [0.3, 0.4) is 0 Å². The van der Waals surface area contributed by atoms with Crippen molar-refractivity contribution in [1.29, 1.82) is 0 Å². The summed E-state index contributed by atoms with van der Waals surface area (Å²) < 4.78 is 15.6. The van der Waals surface area contributed by atoms with Gasteiger partial charge in [-0.05, 0) is 42.9 Å². The highest BCUT2D eigenvalue weighted by molar-refractivity contribution is 7.46. The van der Waals surface area contributed by atoms with Gasteiger partial charge in [0.25, 0.3) is 0 Å². The Kier molecular flexibility index (Phi) is 19.5. The van der Waals surface area contributed by atoms with Crippen LogP contribution >= 0.6 is 7.82 Å². The topological polar surface area (TPSA) is 361 Å². The van der Waals surface area contributed by atoms with Gasteiger partial charge < -0.3 is 51.5 Å². The molecule has 5 amide bonds. The molecule has 1 aromatic rings. The minimum absolute atomic E-state index is 0.208. The van der Waals surface area contributed by atoms with Crippen LogP contribution in [0.15, 0.2) is 24.3 Å². The molecule has 0 saturated carbocycles. The van der Waals surface area contributed by atoms with Gasteiger partial charge in [0.1, 0.15) is 36.0 Å². The number of hydrogen-bond donors (Lipinski definition) is 11. The Morgan fingerprint density at radius 2 is 1.05 bits per heavy atom. The van der Waals surface area contributed by atoms with Crippen LogP contribution < -0.4 is 31.1 Å². The van der Waals surface area contributed by atoms with Crippen LogP contribution in [0.2, 0.25) is 0 Å². The number of nitrogens with one attached hydrogen (secondary N) is 5. The van der Waals surface area contributed by atoms with Crippen molar-refractivity contribution >= 4 is 61.2 Å². The molecule has 23 heteroatoms. The molecule has 22 nitrogen and oxygen atoms in total. The largest absolute Gasteiger partial charge is 0.524 e. The zero-order valence-corrected chi connectivity index (χ0v) is 30.9. The quantitative estimate of drug-likeness (QED) is 0.0521. The van der Waals surface area contributed by atoms with Crippen molar-refractivity contribution in [2.24, 2.45) is 5.92 Å². The molecular weight excluding hydrogens is 757 g/mol. The zero-order valence-electron chi connectivity index (χ0n) is 30.1. The molecule has 0 heterocycles. The normalized spacial score (nSPS) is 14.3. The van der Waals surface area contributed by atoms with E-state index in [1.807, 2.05) is 0 Å². The Bertz CT molecular complexity index is 1620. The van der Waals surface area contributed by atoms with E-state index in [9.17, 15) is 63.0 Å². The molecule has 0 spiro atoms. The van der Waals surface area contributed by atoms with Crippen LogP contribution in [0.25, 0.3) is 0 Å². The van der Waals surface area contributed by atoms with Crippen molar-refractivity contribution in [3.63, 3.8) is 0 Å². The third-order valence-corrected chi connectivity index (χ3v) is 8.34. The lowest BCUT2D eigenvalue weighted by Gasteiger charge is -2.28. The zero-order chi connectivity index (χ0) is 42.0. The molecule has 0 aliphatic carbocycles. The minimum atomic E-state index is -4.87. The first-order chi connectivity index (χ1) is 25.5. The summed E-state index contributed by atoms with van der Waals surface area (Å²) in [6.07, 6.45) is -3.56. The van der Waals surface area contributed by atoms with E-state index in [0.29, 0.717) is 5.56 Å². The van der Waals surface area contributed by atoms with E-state index in [4.69, 9.17) is 14.9 Å². The minimum Gasteiger partial charge on any atom is -0.481 e. The van der Waals surface area contributed by atoms with Crippen molar-refractivity contribution in [3.05, 3.63) is 29.8 Å². The smallest absolute Gasteiger partial charge is 0.481 e. The number of benzene rings is 1. The lowest BCUT2D eigenvalue weighted by atomic mass is 9.96.